The molecule has 2 fully saturated rings. The van der Waals surface area contributed by atoms with Gasteiger partial charge < -0.3 is 14.4 Å². The van der Waals surface area contributed by atoms with Crippen molar-refractivity contribution in [2.24, 2.45) is 11.8 Å². The normalized spacial score (nSPS) is 32.1. The molecular weight excluding hydrogens is 310 g/mol. The summed E-state index contributed by atoms with van der Waals surface area (Å²) in [5.41, 5.74) is 1.29. The lowest BCUT2D eigenvalue weighted by Crippen LogP contribution is -2.65. The van der Waals surface area contributed by atoms with Gasteiger partial charge in [-0.15, -0.1) is 0 Å². The van der Waals surface area contributed by atoms with Crippen LogP contribution in [0.5, 0.6) is 0 Å². The molecule has 6 heteroatoms. The maximum atomic E-state index is 12.7. The Hall–Kier alpha value is -1.14. The van der Waals surface area contributed by atoms with Crippen molar-refractivity contribution in [1.82, 2.24) is 4.90 Å². The SMILES string of the molecule is C[C@@H](O[Si](C)(C)C)[C@H]1C(=O)N2C(C(=O)O)=C3CCCCC[C@H]3[C@H]12. The number of hydrogen-bond acceptors (Lipinski definition) is 3. The highest BCUT2D eigenvalue weighted by Gasteiger charge is 2.61. The van der Waals surface area contributed by atoms with Crippen molar-refractivity contribution in [3.8, 4) is 0 Å². The summed E-state index contributed by atoms with van der Waals surface area (Å²) in [5, 5.41) is 9.62. The zero-order chi connectivity index (χ0) is 16.9. The number of rotatable bonds is 4. The Morgan fingerprint density at radius 1 is 1.30 bits per heavy atom. The summed E-state index contributed by atoms with van der Waals surface area (Å²) in [7, 11) is -1.73. The maximum absolute atomic E-state index is 12.7. The van der Waals surface area contributed by atoms with Crippen molar-refractivity contribution in [3.63, 3.8) is 0 Å². The van der Waals surface area contributed by atoms with E-state index in [9.17, 15) is 14.7 Å². The van der Waals surface area contributed by atoms with E-state index in [0.717, 1.165) is 37.7 Å². The van der Waals surface area contributed by atoms with Crippen LogP contribution >= 0.6 is 0 Å². The summed E-state index contributed by atoms with van der Waals surface area (Å²) in [5.74, 6) is -0.964. The van der Waals surface area contributed by atoms with Crippen molar-refractivity contribution in [2.45, 2.75) is 70.8 Å². The second-order valence-corrected chi connectivity index (χ2v) is 12.5. The predicted molar refractivity (Wildman–Crippen MR) is 89.3 cm³/mol. The Kier molecular flexibility index (Phi) is 4.17. The number of amides is 1. The average Bonchev–Trinajstić information content (AvgIpc) is 2.55. The number of carboxylic acids is 1. The zero-order valence-electron chi connectivity index (χ0n) is 14.5. The number of carbonyl (C=O) groups is 2. The summed E-state index contributed by atoms with van der Waals surface area (Å²) in [6.07, 6.45) is 4.99. The molecule has 1 N–H and O–H groups in total. The fourth-order valence-corrected chi connectivity index (χ4v) is 5.88. The van der Waals surface area contributed by atoms with E-state index >= 15 is 0 Å². The third-order valence-corrected chi connectivity index (χ3v) is 6.38. The third-order valence-electron chi connectivity index (χ3n) is 5.30. The average molecular weight is 337 g/mol. The fourth-order valence-electron chi connectivity index (χ4n) is 4.61. The second-order valence-electron chi connectivity index (χ2n) is 8.04. The molecule has 2 heterocycles. The number of fused-ring (bicyclic) bond motifs is 3. The van der Waals surface area contributed by atoms with E-state index in [2.05, 4.69) is 19.6 Å². The Morgan fingerprint density at radius 2 is 2.00 bits per heavy atom. The van der Waals surface area contributed by atoms with Gasteiger partial charge in [-0.25, -0.2) is 4.79 Å². The van der Waals surface area contributed by atoms with Crippen molar-refractivity contribution >= 4 is 20.2 Å². The van der Waals surface area contributed by atoms with Crippen LogP contribution in [0.3, 0.4) is 0 Å². The molecule has 3 rings (SSSR count). The molecule has 2 aliphatic heterocycles. The van der Waals surface area contributed by atoms with Crippen LogP contribution < -0.4 is 0 Å². The summed E-state index contributed by atoms with van der Waals surface area (Å²) >= 11 is 0. The molecule has 128 valence electrons. The molecule has 0 bridgehead atoms. The van der Waals surface area contributed by atoms with Gasteiger partial charge in [-0.2, -0.15) is 0 Å². The van der Waals surface area contributed by atoms with Gasteiger partial charge in [0.1, 0.15) is 5.70 Å². The quantitative estimate of drug-likeness (QED) is 0.632. The standard InChI is InChI=1S/C17H27NO4Si/c1-10(22-23(2,3)4)13-14-11-8-6-5-7-9-12(11)15(17(20)21)18(14)16(13)19/h10-11,13-14H,5-9H2,1-4H3,(H,20,21)/t10-,11-,13-,14-/m1/s1. The number of β-lactam (4-membered cyclic amide) rings is 1. The molecule has 4 atom stereocenters. The van der Waals surface area contributed by atoms with Crippen LogP contribution in [-0.2, 0) is 14.0 Å². The van der Waals surface area contributed by atoms with Crippen LogP contribution in [0.4, 0.5) is 0 Å². The molecule has 5 nitrogen and oxygen atoms in total. The van der Waals surface area contributed by atoms with Gasteiger partial charge in [0, 0.05) is 5.92 Å². The molecule has 1 saturated carbocycles. The highest BCUT2D eigenvalue weighted by Crippen LogP contribution is 2.51. The lowest BCUT2D eigenvalue weighted by atomic mass is 9.75. The van der Waals surface area contributed by atoms with E-state index in [-0.39, 0.29) is 35.6 Å². The van der Waals surface area contributed by atoms with Crippen LogP contribution in [-0.4, -0.2) is 42.3 Å². The first-order valence-electron chi connectivity index (χ1n) is 8.69. The molecule has 0 aromatic rings. The molecule has 1 aliphatic carbocycles. The van der Waals surface area contributed by atoms with Gasteiger partial charge >= 0.3 is 5.97 Å². The molecule has 3 aliphatic rings. The minimum Gasteiger partial charge on any atom is -0.477 e. The van der Waals surface area contributed by atoms with E-state index in [1.807, 2.05) is 6.92 Å². The first-order chi connectivity index (χ1) is 10.7. The molecular formula is C17H27NO4Si. The number of nitrogens with zero attached hydrogens (tertiary/aromatic N) is 1. The number of aliphatic carboxylic acids is 1. The lowest BCUT2D eigenvalue weighted by molar-refractivity contribution is -0.162. The van der Waals surface area contributed by atoms with E-state index in [4.69, 9.17) is 4.43 Å². The molecule has 0 aromatic heterocycles. The molecule has 0 aromatic carbocycles. The summed E-state index contributed by atoms with van der Waals surface area (Å²) in [6, 6.07) is 0.00745. The van der Waals surface area contributed by atoms with Crippen LogP contribution in [0.2, 0.25) is 19.6 Å². The second kappa shape index (κ2) is 5.74. The molecule has 0 radical (unpaired) electrons. The number of carboxylic acid groups (broad SMARTS) is 1. The van der Waals surface area contributed by atoms with Gasteiger partial charge in [-0.05, 0) is 51.4 Å². The predicted octanol–water partition coefficient (Wildman–Crippen LogP) is 2.99. The first kappa shape index (κ1) is 16.7. The van der Waals surface area contributed by atoms with Gasteiger partial charge in [-0.1, -0.05) is 12.8 Å². The topological polar surface area (TPSA) is 66.8 Å². The molecule has 0 spiro atoms. The number of carbonyl (C=O) groups excluding carboxylic acids is 1. The largest absolute Gasteiger partial charge is 0.477 e. The van der Waals surface area contributed by atoms with E-state index in [1.54, 1.807) is 4.90 Å². The smallest absolute Gasteiger partial charge is 0.352 e. The molecule has 0 unspecified atom stereocenters. The Bertz CT molecular complexity index is 565. The Balaban J connectivity index is 1.89. The van der Waals surface area contributed by atoms with Gasteiger partial charge in [0.2, 0.25) is 5.91 Å². The third kappa shape index (κ3) is 2.76. The summed E-state index contributed by atoms with van der Waals surface area (Å²) in [4.78, 5) is 26.0. The van der Waals surface area contributed by atoms with Crippen molar-refractivity contribution in [1.29, 1.82) is 0 Å². The Labute approximate surface area is 138 Å². The summed E-state index contributed by atoms with van der Waals surface area (Å²) < 4.78 is 6.15. The molecule has 1 amide bonds. The van der Waals surface area contributed by atoms with Crippen molar-refractivity contribution in [2.75, 3.05) is 0 Å². The Morgan fingerprint density at radius 3 is 2.61 bits per heavy atom. The fraction of sp³-hybridized carbons (Fsp3) is 0.765. The molecule has 1 saturated heterocycles. The monoisotopic (exact) mass is 337 g/mol. The highest BCUT2D eigenvalue weighted by atomic mass is 28.4. The van der Waals surface area contributed by atoms with E-state index < -0.39 is 14.3 Å². The van der Waals surface area contributed by atoms with Gasteiger partial charge in [0.25, 0.3) is 0 Å². The lowest BCUT2D eigenvalue weighted by Gasteiger charge is -2.49. The minimum absolute atomic E-state index is 0.00745. The maximum Gasteiger partial charge on any atom is 0.352 e. The van der Waals surface area contributed by atoms with Gasteiger partial charge in [0.05, 0.1) is 18.1 Å². The zero-order valence-corrected chi connectivity index (χ0v) is 15.5. The van der Waals surface area contributed by atoms with Crippen LogP contribution in [0.25, 0.3) is 0 Å². The van der Waals surface area contributed by atoms with Crippen molar-refractivity contribution < 1.29 is 19.1 Å². The van der Waals surface area contributed by atoms with E-state index in [1.165, 1.54) is 0 Å². The van der Waals surface area contributed by atoms with Gasteiger partial charge in [-0.3, -0.25) is 4.79 Å². The van der Waals surface area contributed by atoms with Gasteiger partial charge in [0.15, 0.2) is 8.32 Å². The van der Waals surface area contributed by atoms with Crippen LogP contribution in [0.1, 0.15) is 39.0 Å². The van der Waals surface area contributed by atoms with Crippen LogP contribution in [0, 0.1) is 11.8 Å². The molecule has 23 heavy (non-hydrogen) atoms. The van der Waals surface area contributed by atoms with Crippen LogP contribution in [0.15, 0.2) is 11.3 Å². The first-order valence-corrected chi connectivity index (χ1v) is 12.1. The summed E-state index contributed by atoms with van der Waals surface area (Å²) in [6.45, 7) is 8.35. The minimum atomic E-state index is -1.73. The van der Waals surface area contributed by atoms with E-state index in [0.29, 0.717) is 0 Å². The van der Waals surface area contributed by atoms with Crippen molar-refractivity contribution in [3.05, 3.63) is 11.3 Å². The highest BCUT2D eigenvalue weighted by molar-refractivity contribution is 6.69. The number of hydrogen-bond donors (Lipinski definition) is 1.